The van der Waals surface area contributed by atoms with Crippen LogP contribution in [0.15, 0.2) is 54.6 Å². The average Bonchev–Trinajstić information content (AvgIpc) is 2.39. The summed E-state index contributed by atoms with van der Waals surface area (Å²) in [6.07, 6.45) is 0. The van der Waals surface area contributed by atoms with Crippen molar-refractivity contribution in [3.8, 4) is 11.1 Å². The standard InChI is InChI=1S/C14H13NO2/c1-11(16)15(17)14-9-7-13(8-10-14)12-5-3-2-4-6-12/h2-10,17H,1H3. The van der Waals surface area contributed by atoms with Gasteiger partial charge in [0, 0.05) is 6.92 Å². The molecule has 0 fully saturated rings. The Kier molecular flexibility index (Phi) is 3.21. The minimum Gasteiger partial charge on any atom is -0.281 e. The molecule has 2 rings (SSSR count). The van der Waals surface area contributed by atoms with Gasteiger partial charge in [0.1, 0.15) is 0 Å². The molecule has 1 N–H and O–H groups in total. The Hall–Kier alpha value is -2.13. The highest BCUT2D eigenvalue weighted by atomic mass is 16.5. The number of benzene rings is 2. The van der Waals surface area contributed by atoms with E-state index in [9.17, 15) is 10.0 Å². The second kappa shape index (κ2) is 4.80. The minimum absolute atomic E-state index is 0.405. The summed E-state index contributed by atoms with van der Waals surface area (Å²) in [5.74, 6) is -0.405. The van der Waals surface area contributed by atoms with Gasteiger partial charge in [-0.15, -0.1) is 0 Å². The second-order valence-electron chi connectivity index (χ2n) is 3.74. The van der Waals surface area contributed by atoms with Crippen molar-refractivity contribution in [2.24, 2.45) is 0 Å². The first-order chi connectivity index (χ1) is 8.18. The Morgan fingerprint density at radius 2 is 1.47 bits per heavy atom. The molecule has 3 nitrogen and oxygen atoms in total. The molecular formula is C14H13NO2. The Labute approximate surface area is 99.9 Å². The summed E-state index contributed by atoms with van der Waals surface area (Å²) in [7, 11) is 0. The van der Waals surface area contributed by atoms with Gasteiger partial charge in [-0.25, -0.2) is 0 Å². The van der Waals surface area contributed by atoms with E-state index in [1.165, 1.54) is 6.92 Å². The summed E-state index contributed by atoms with van der Waals surface area (Å²) in [6, 6.07) is 17.1. The van der Waals surface area contributed by atoms with Crippen molar-refractivity contribution >= 4 is 11.6 Å². The molecular weight excluding hydrogens is 214 g/mol. The lowest BCUT2D eigenvalue weighted by Crippen LogP contribution is -2.23. The predicted octanol–water partition coefficient (Wildman–Crippen LogP) is 3.10. The maximum absolute atomic E-state index is 11.0. The van der Waals surface area contributed by atoms with Gasteiger partial charge in [0.25, 0.3) is 0 Å². The lowest BCUT2D eigenvalue weighted by Gasteiger charge is -2.12. The zero-order chi connectivity index (χ0) is 12.3. The molecule has 17 heavy (non-hydrogen) atoms. The van der Waals surface area contributed by atoms with E-state index in [1.54, 1.807) is 12.1 Å². The molecule has 0 unspecified atom stereocenters. The Balaban J connectivity index is 2.28. The van der Waals surface area contributed by atoms with Crippen LogP contribution in [0.4, 0.5) is 5.69 Å². The van der Waals surface area contributed by atoms with Crippen LogP contribution in [-0.4, -0.2) is 11.1 Å². The highest BCUT2D eigenvalue weighted by Gasteiger charge is 2.07. The first kappa shape index (κ1) is 11.4. The van der Waals surface area contributed by atoms with Crippen LogP contribution in [-0.2, 0) is 4.79 Å². The van der Waals surface area contributed by atoms with Gasteiger partial charge in [-0.1, -0.05) is 42.5 Å². The molecule has 2 aromatic carbocycles. The number of hydrogen-bond acceptors (Lipinski definition) is 2. The number of rotatable bonds is 2. The first-order valence-electron chi connectivity index (χ1n) is 5.33. The van der Waals surface area contributed by atoms with Crippen LogP contribution < -0.4 is 5.06 Å². The van der Waals surface area contributed by atoms with Crippen LogP contribution >= 0.6 is 0 Å². The number of anilines is 1. The van der Waals surface area contributed by atoms with Crippen molar-refractivity contribution in [2.75, 3.05) is 5.06 Å². The van der Waals surface area contributed by atoms with Crippen LogP contribution in [0.5, 0.6) is 0 Å². The van der Waals surface area contributed by atoms with Gasteiger partial charge in [-0.05, 0) is 23.3 Å². The Bertz CT molecular complexity index is 506. The van der Waals surface area contributed by atoms with E-state index in [0.29, 0.717) is 10.8 Å². The third-order valence-electron chi connectivity index (χ3n) is 2.52. The molecule has 0 aliphatic carbocycles. The van der Waals surface area contributed by atoms with E-state index in [2.05, 4.69) is 0 Å². The molecule has 0 saturated heterocycles. The SMILES string of the molecule is CC(=O)N(O)c1ccc(-c2ccccc2)cc1. The number of amides is 1. The van der Waals surface area contributed by atoms with Gasteiger partial charge >= 0.3 is 0 Å². The fraction of sp³-hybridized carbons (Fsp3) is 0.0714. The maximum atomic E-state index is 11.0. The molecule has 3 heteroatoms. The lowest BCUT2D eigenvalue weighted by atomic mass is 10.1. The molecule has 0 aromatic heterocycles. The summed E-state index contributed by atoms with van der Waals surface area (Å²) in [5.41, 5.74) is 2.62. The summed E-state index contributed by atoms with van der Waals surface area (Å²) in [5, 5.41) is 10.1. The molecule has 1 amide bonds. The van der Waals surface area contributed by atoms with E-state index in [1.807, 2.05) is 42.5 Å². The van der Waals surface area contributed by atoms with Gasteiger partial charge in [-0.3, -0.25) is 10.0 Å². The number of nitrogens with zero attached hydrogens (tertiary/aromatic N) is 1. The van der Waals surface area contributed by atoms with Gasteiger partial charge < -0.3 is 0 Å². The molecule has 0 saturated carbocycles. The molecule has 2 aromatic rings. The highest BCUT2D eigenvalue weighted by Crippen LogP contribution is 2.22. The maximum Gasteiger partial charge on any atom is 0.247 e. The smallest absolute Gasteiger partial charge is 0.247 e. The third-order valence-corrected chi connectivity index (χ3v) is 2.52. The zero-order valence-electron chi connectivity index (χ0n) is 9.50. The van der Waals surface area contributed by atoms with Crippen LogP contribution in [0, 0.1) is 0 Å². The normalized spacial score (nSPS) is 10.0. The Morgan fingerprint density at radius 1 is 0.941 bits per heavy atom. The molecule has 86 valence electrons. The summed E-state index contributed by atoms with van der Waals surface area (Å²) >= 11 is 0. The van der Waals surface area contributed by atoms with Crippen molar-refractivity contribution in [3.05, 3.63) is 54.6 Å². The number of carbonyl (C=O) groups is 1. The van der Waals surface area contributed by atoms with E-state index < -0.39 is 5.91 Å². The van der Waals surface area contributed by atoms with Crippen molar-refractivity contribution in [1.82, 2.24) is 0 Å². The fourth-order valence-corrected chi connectivity index (χ4v) is 1.61. The van der Waals surface area contributed by atoms with Crippen LogP contribution in [0.2, 0.25) is 0 Å². The summed E-state index contributed by atoms with van der Waals surface area (Å²) < 4.78 is 0. The quantitative estimate of drug-likeness (QED) is 0.632. The van der Waals surface area contributed by atoms with Gasteiger partial charge in [0.05, 0.1) is 5.69 Å². The van der Waals surface area contributed by atoms with E-state index >= 15 is 0 Å². The largest absolute Gasteiger partial charge is 0.281 e. The number of hydroxylamine groups is 1. The fourth-order valence-electron chi connectivity index (χ4n) is 1.61. The van der Waals surface area contributed by atoms with E-state index in [0.717, 1.165) is 11.1 Å². The molecule has 0 radical (unpaired) electrons. The minimum atomic E-state index is -0.405. The van der Waals surface area contributed by atoms with Gasteiger partial charge in [0.2, 0.25) is 5.91 Å². The van der Waals surface area contributed by atoms with Crippen molar-refractivity contribution in [2.45, 2.75) is 6.92 Å². The molecule has 0 aliphatic heterocycles. The second-order valence-corrected chi connectivity index (χ2v) is 3.74. The van der Waals surface area contributed by atoms with E-state index in [4.69, 9.17) is 0 Å². The van der Waals surface area contributed by atoms with Crippen LogP contribution in [0.3, 0.4) is 0 Å². The monoisotopic (exact) mass is 227 g/mol. The van der Waals surface area contributed by atoms with Gasteiger partial charge in [0.15, 0.2) is 0 Å². The summed E-state index contributed by atoms with van der Waals surface area (Å²) in [6.45, 7) is 1.31. The Morgan fingerprint density at radius 3 is 2.00 bits per heavy atom. The summed E-state index contributed by atoms with van der Waals surface area (Å²) in [4.78, 5) is 11.0. The molecule has 0 bridgehead atoms. The van der Waals surface area contributed by atoms with Crippen LogP contribution in [0.25, 0.3) is 11.1 Å². The van der Waals surface area contributed by atoms with Crippen molar-refractivity contribution < 1.29 is 10.0 Å². The highest BCUT2D eigenvalue weighted by molar-refractivity contribution is 5.89. The molecule has 0 atom stereocenters. The molecule has 0 spiro atoms. The topological polar surface area (TPSA) is 40.5 Å². The molecule has 0 aliphatic rings. The third kappa shape index (κ3) is 2.52. The lowest BCUT2D eigenvalue weighted by molar-refractivity contribution is -0.121. The van der Waals surface area contributed by atoms with Crippen molar-refractivity contribution in [3.63, 3.8) is 0 Å². The van der Waals surface area contributed by atoms with Gasteiger partial charge in [-0.2, -0.15) is 5.06 Å². The first-order valence-corrected chi connectivity index (χ1v) is 5.33. The van der Waals surface area contributed by atoms with E-state index in [-0.39, 0.29) is 0 Å². The average molecular weight is 227 g/mol. The number of carbonyl (C=O) groups excluding carboxylic acids is 1. The van der Waals surface area contributed by atoms with Crippen LogP contribution in [0.1, 0.15) is 6.92 Å². The molecule has 0 heterocycles. The number of hydrogen-bond donors (Lipinski definition) is 1. The predicted molar refractivity (Wildman–Crippen MR) is 66.8 cm³/mol. The van der Waals surface area contributed by atoms with Crippen molar-refractivity contribution in [1.29, 1.82) is 0 Å². The zero-order valence-corrected chi connectivity index (χ0v) is 9.50.